The van der Waals surface area contributed by atoms with Crippen molar-refractivity contribution in [3.05, 3.63) is 60.7 Å². The van der Waals surface area contributed by atoms with Crippen molar-refractivity contribution in [1.82, 2.24) is 29.5 Å². The standard InChI is InChI=1S/C19H20F2N6O7/c20-10-1-2-11(12(21)3-10)19(4-26-8-22-6-24-26,5-27-9-23-7-25-27)34-18-15(30)13(28)14(29)16(33-18)17(31)32/h1-3,6-9,13-16,18,28-30H,4-5H2,(H,31,32). The molecule has 1 aliphatic heterocycles. The molecule has 34 heavy (non-hydrogen) atoms. The van der Waals surface area contributed by atoms with E-state index in [1.165, 1.54) is 34.7 Å². The molecule has 1 aromatic carbocycles. The number of hydrogen-bond donors (Lipinski definition) is 4. The van der Waals surface area contributed by atoms with Crippen LogP contribution in [0.4, 0.5) is 8.78 Å². The van der Waals surface area contributed by atoms with Gasteiger partial charge in [-0.1, -0.05) is 6.07 Å². The van der Waals surface area contributed by atoms with Gasteiger partial charge in [-0.25, -0.2) is 32.9 Å². The Bertz CT molecular complexity index is 1080. The van der Waals surface area contributed by atoms with Crippen molar-refractivity contribution < 1.29 is 43.5 Å². The largest absolute Gasteiger partial charge is 0.479 e. The number of benzene rings is 1. The number of hydrogen-bond acceptors (Lipinski definition) is 10. The summed E-state index contributed by atoms with van der Waals surface area (Å²) < 4.78 is 42.6. The molecule has 5 unspecified atom stereocenters. The van der Waals surface area contributed by atoms with Crippen molar-refractivity contribution in [3.63, 3.8) is 0 Å². The number of ether oxygens (including phenoxy) is 2. The van der Waals surface area contributed by atoms with E-state index in [2.05, 4.69) is 20.2 Å². The summed E-state index contributed by atoms with van der Waals surface area (Å²) in [6, 6.07) is 2.70. The summed E-state index contributed by atoms with van der Waals surface area (Å²) in [5.41, 5.74) is -2.10. The summed E-state index contributed by atoms with van der Waals surface area (Å²) in [6.07, 6.45) is -4.70. The smallest absolute Gasteiger partial charge is 0.335 e. The Morgan fingerprint density at radius 3 is 2.15 bits per heavy atom. The van der Waals surface area contributed by atoms with Gasteiger partial charge in [-0.05, 0) is 6.07 Å². The number of halogens is 2. The van der Waals surface area contributed by atoms with Gasteiger partial charge in [-0.15, -0.1) is 0 Å². The molecule has 13 nitrogen and oxygen atoms in total. The van der Waals surface area contributed by atoms with E-state index in [0.717, 1.165) is 12.1 Å². The maximum Gasteiger partial charge on any atom is 0.335 e. The lowest BCUT2D eigenvalue weighted by Gasteiger charge is -2.43. The molecular formula is C19H20F2N6O7. The van der Waals surface area contributed by atoms with E-state index in [0.29, 0.717) is 6.07 Å². The van der Waals surface area contributed by atoms with Crippen molar-refractivity contribution in [3.8, 4) is 0 Å². The summed E-state index contributed by atoms with van der Waals surface area (Å²) in [7, 11) is 0. The lowest BCUT2D eigenvalue weighted by Crippen LogP contribution is -2.62. The number of aliphatic carboxylic acids is 1. The number of carboxylic acids is 1. The van der Waals surface area contributed by atoms with Crippen LogP contribution in [0.5, 0.6) is 0 Å². The molecule has 0 bridgehead atoms. The molecule has 182 valence electrons. The molecule has 0 saturated carbocycles. The predicted molar refractivity (Wildman–Crippen MR) is 103 cm³/mol. The highest BCUT2D eigenvalue weighted by Gasteiger charge is 2.51. The lowest BCUT2D eigenvalue weighted by molar-refractivity contribution is -0.327. The normalized spacial score (nSPS) is 25.4. The summed E-state index contributed by atoms with van der Waals surface area (Å²) in [5, 5.41) is 48.0. The average molecular weight is 482 g/mol. The second-order valence-electron chi connectivity index (χ2n) is 7.66. The first-order valence-electron chi connectivity index (χ1n) is 9.91. The molecule has 4 N–H and O–H groups in total. The van der Waals surface area contributed by atoms with Gasteiger partial charge in [-0.3, -0.25) is 0 Å². The monoisotopic (exact) mass is 482 g/mol. The highest BCUT2D eigenvalue weighted by atomic mass is 19.1. The third-order valence-electron chi connectivity index (χ3n) is 5.34. The zero-order valence-corrected chi connectivity index (χ0v) is 17.3. The molecule has 1 aliphatic rings. The Morgan fingerprint density at radius 2 is 1.65 bits per heavy atom. The molecule has 1 fully saturated rings. The zero-order valence-electron chi connectivity index (χ0n) is 17.3. The molecule has 3 aromatic rings. The molecule has 0 radical (unpaired) electrons. The first-order chi connectivity index (χ1) is 16.2. The van der Waals surface area contributed by atoms with Gasteiger partial charge in [-0.2, -0.15) is 10.2 Å². The van der Waals surface area contributed by atoms with Crippen molar-refractivity contribution in [2.24, 2.45) is 0 Å². The van der Waals surface area contributed by atoms with Gasteiger partial charge >= 0.3 is 5.97 Å². The summed E-state index contributed by atoms with van der Waals surface area (Å²) in [4.78, 5) is 19.2. The van der Waals surface area contributed by atoms with Crippen LogP contribution in [0.1, 0.15) is 5.56 Å². The minimum Gasteiger partial charge on any atom is -0.479 e. The Morgan fingerprint density at radius 1 is 1.03 bits per heavy atom. The molecule has 3 heterocycles. The molecule has 0 amide bonds. The van der Waals surface area contributed by atoms with Crippen LogP contribution in [0.15, 0.2) is 43.5 Å². The van der Waals surface area contributed by atoms with Crippen LogP contribution < -0.4 is 0 Å². The lowest BCUT2D eigenvalue weighted by atomic mass is 9.91. The zero-order chi connectivity index (χ0) is 24.5. The fourth-order valence-corrected chi connectivity index (χ4v) is 3.74. The van der Waals surface area contributed by atoms with Crippen molar-refractivity contribution >= 4 is 5.97 Å². The van der Waals surface area contributed by atoms with Gasteiger partial charge in [0.1, 0.15) is 60.9 Å². The number of carboxylic acid groups (broad SMARTS) is 1. The van der Waals surface area contributed by atoms with Gasteiger partial charge < -0.3 is 29.9 Å². The van der Waals surface area contributed by atoms with Crippen LogP contribution in [-0.2, 0) is 33.0 Å². The van der Waals surface area contributed by atoms with Gasteiger partial charge in [0.25, 0.3) is 0 Å². The maximum atomic E-state index is 15.1. The van der Waals surface area contributed by atoms with E-state index >= 15 is 4.39 Å². The molecule has 5 atom stereocenters. The Balaban J connectivity index is 1.82. The van der Waals surface area contributed by atoms with Crippen molar-refractivity contribution in [2.75, 3.05) is 0 Å². The fourth-order valence-electron chi connectivity index (χ4n) is 3.74. The van der Waals surface area contributed by atoms with Gasteiger partial charge in [0.15, 0.2) is 12.4 Å². The molecule has 0 aliphatic carbocycles. The highest BCUT2D eigenvalue weighted by Crippen LogP contribution is 2.36. The summed E-state index contributed by atoms with van der Waals surface area (Å²) >= 11 is 0. The van der Waals surface area contributed by atoms with Crippen molar-refractivity contribution in [2.45, 2.75) is 49.4 Å². The topological polar surface area (TPSA) is 178 Å². The van der Waals surface area contributed by atoms with Crippen LogP contribution in [0.25, 0.3) is 0 Å². The second-order valence-corrected chi connectivity index (χ2v) is 7.66. The number of rotatable bonds is 8. The Hall–Kier alpha value is -3.37. The molecule has 15 heteroatoms. The van der Waals surface area contributed by atoms with Gasteiger partial charge in [0, 0.05) is 11.6 Å². The molecule has 0 spiro atoms. The molecule has 2 aromatic heterocycles. The minimum atomic E-state index is -1.96. The third-order valence-corrected chi connectivity index (χ3v) is 5.34. The number of nitrogens with zero attached hydrogens (tertiary/aromatic N) is 6. The summed E-state index contributed by atoms with van der Waals surface area (Å²) in [5.74, 6) is -3.52. The predicted octanol–water partition coefficient (Wildman–Crippen LogP) is -1.35. The van der Waals surface area contributed by atoms with Crippen LogP contribution in [0.3, 0.4) is 0 Å². The van der Waals surface area contributed by atoms with E-state index < -0.39 is 53.9 Å². The van der Waals surface area contributed by atoms with E-state index in [9.17, 15) is 29.6 Å². The molecular weight excluding hydrogens is 462 g/mol. The van der Waals surface area contributed by atoms with E-state index in [1.54, 1.807) is 0 Å². The maximum absolute atomic E-state index is 15.1. The van der Waals surface area contributed by atoms with Crippen LogP contribution in [-0.4, -0.2) is 86.6 Å². The first kappa shape index (κ1) is 23.8. The number of aliphatic hydroxyl groups excluding tert-OH is 3. The minimum absolute atomic E-state index is 0.219. The van der Waals surface area contributed by atoms with E-state index in [-0.39, 0.29) is 18.7 Å². The fraction of sp³-hybridized carbons (Fsp3) is 0.421. The number of aromatic nitrogens is 6. The third kappa shape index (κ3) is 4.64. The Labute approximate surface area is 189 Å². The highest BCUT2D eigenvalue weighted by molar-refractivity contribution is 5.73. The van der Waals surface area contributed by atoms with Gasteiger partial charge in [0.05, 0.1) is 13.1 Å². The average Bonchev–Trinajstić information content (AvgIpc) is 3.48. The number of aliphatic hydroxyl groups is 3. The quantitative estimate of drug-likeness (QED) is 0.298. The van der Waals surface area contributed by atoms with Gasteiger partial charge in [0.2, 0.25) is 0 Å². The summed E-state index contributed by atoms with van der Waals surface area (Å²) in [6.45, 7) is -0.587. The Kier molecular flexibility index (Phi) is 6.63. The van der Waals surface area contributed by atoms with E-state index in [4.69, 9.17) is 9.47 Å². The van der Waals surface area contributed by atoms with Crippen LogP contribution >= 0.6 is 0 Å². The SMILES string of the molecule is O=C(O)C1OC(OC(Cn2cncn2)(Cn2cncn2)c2ccc(F)cc2F)C(O)C(O)C1O. The molecule has 4 rings (SSSR count). The van der Waals surface area contributed by atoms with Crippen LogP contribution in [0, 0.1) is 11.6 Å². The second kappa shape index (κ2) is 9.47. The first-order valence-corrected chi connectivity index (χ1v) is 9.91. The van der Waals surface area contributed by atoms with Crippen LogP contribution in [0.2, 0.25) is 0 Å². The van der Waals surface area contributed by atoms with E-state index in [1.807, 2.05) is 0 Å². The number of carbonyl (C=O) groups is 1. The van der Waals surface area contributed by atoms with Crippen molar-refractivity contribution in [1.29, 1.82) is 0 Å². The molecule has 1 saturated heterocycles.